The summed E-state index contributed by atoms with van der Waals surface area (Å²) in [7, 11) is 0. The van der Waals surface area contributed by atoms with Crippen molar-refractivity contribution < 1.29 is 24.0 Å². The van der Waals surface area contributed by atoms with E-state index >= 15 is 0 Å². The van der Waals surface area contributed by atoms with E-state index < -0.39 is 28.7 Å². The molecule has 0 aliphatic carbocycles. The van der Waals surface area contributed by atoms with Crippen LogP contribution < -0.4 is 10.6 Å². The van der Waals surface area contributed by atoms with Gasteiger partial charge in [0.1, 0.15) is 11.6 Å². The standard InChI is InChI=1S/C17H20N4O6S/c1-10(2)27-14(22)9-13-16(24)18-7-8-20(13)17(28)19-15(23)11-5-3-4-6-12(11)21(25)26/h3-6,10,13H,7-9H2,1-2H3,(H,18,24)(H,19,23,28)/t13-/m1/s1. The maximum absolute atomic E-state index is 12.5. The maximum Gasteiger partial charge on any atom is 0.308 e. The normalized spacial score (nSPS) is 16.3. The predicted molar refractivity (Wildman–Crippen MR) is 103 cm³/mol. The number of carbonyl (C=O) groups excluding carboxylic acids is 3. The summed E-state index contributed by atoms with van der Waals surface area (Å²) >= 11 is 5.22. The van der Waals surface area contributed by atoms with Crippen molar-refractivity contribution in [3.05, 3.63) is 39.9 Å². The lowest BCUT2D eigenvalue weighted by Gasteiger charge is -2.36. The van der Waals surface area contributed by atoms with E-state index in [1.165, 1.54) is 29.2 Å². The molecule has 1 atom stereocenters. The first kappa shape index (κ1) is 21.2. The van der Waals surface area contributed by atoms with Gasteiger partial charge in [-0.2, -0.15) is 0 Å². The van der Waals surface area contributed by atoms with Crippen LogP contribution in [-0.2, 0) is 14.3 Å². The van der Waals surface area contributed by atoms with Gasteiger partial charge >= 0.3 is 5.97 Å². The topological polar surface area (TPSA) is 131 Å². The summed E-state index contributed by atoms with van der Waals surface area (Å²) in [6.07, 6.45) is -0.580. The Bertz CT molecular complexity index is 813. The van der Waals surface area contributed by atoms with Gasteiger partial charge < -0.3 is 15.0 Å². The molecule has 1 aliphatic heterocycles. The zero-order chi connectivity index (χ0) is 20.8. The summed E-state index contributed by atoms with van der Waals surface area (Å²) in [6, 6.07) is 4.49. The van der Waals surface area contributed by atoms with Crippen molar-refractivity contribution in [3.63, 3.8) is 0 Å². The van der Waals surface area contributed by atoms with Gasteiger partial charge in [0.15, 0.2) is 5.11 Å². The first-order valence-corrected chi connectivity index (χ1v) is 8.94. The largest absolute Gasteiger partial charge is 0.463 e. The number of para-hydroxylation sites is 1. The number of hydrogen-bond acceptors (Lipinski definition) is 7. The van der Waals surface area contributed by atoms with Crippen molar-refractivity contribution in [2.24, 2.45) is 0 Å². The third kappa shape index (κ3) is 5.22. The second-order valence-electron chi connectivity index (χ2n) is 6.28. The molecule has 0 radical (unpaired) electrons. The molecule has 10 nitrogen and oxygen atoms in total. The fourth-order valence-electron chi connectivity index (χ4n) is 2.69. The molecule has 0 aromatic heterocycles. The average Bonchev–Trinajstić information content (AvgIpc) is 2.62. The Morgan fingerprint density at radius 2 is 2.11 bits per heavy atom. The molecule has 1 aliphatic rings. The third-order valence-corrected chi connectivity index (χ3v) is 4.22. The lowest BCUT2D eigenvalue weighted by Crippen LogP contribution is -2.60. The Hall–Kier alpha value is -3.08. The molecule has 2 N–H and O–H groups in total. The molecule has 28 heavy (non-hydrogen) atoms. The van der Waals surface area contributed by atoms with Gasteiger partial charge in [0.25, 0.3) is 11.6 Å². The highest BCUT2D eigenvalue weighted by Gasteiger charge is 2.34. The van der Waals surface area contributed by atoms with Gasteiger partial charge in [0, 0.05) is 19.2 Å². The Labute approximate surface area is 166 Å². The number of hydrogen-bond donors (Lipinski definition) is 2. The van der Waals surface area contributed by atoms with E-state index in [1.807, 2.05) is 0 Å². The highest BCUT2D eigenvalue weighted by atomic mass is 32.1. The van der Waals surface area contributed by atoms with E-state index in [2.05, 4.69) is 10.6 Å². The Kier molecular flexibility index (Phi) is 6.99. The van der Waals surface area contributed by atoms with Gasteiger partial charge in [-0.3, -0.25) is 29.8 Å². The fourth-order valence-corrected chi connectivity index (χ4v) is 3.00. The molecule has 11 heteroatoms. The number of nitrogens with zero attached hydrogens (tertiary/aromatic N) is 2. The molecular formula is C17H20N4O6S. The average molecular weight is 408 g/mol. The van der Waals surface area contributed by atoms with Crippen LogP contribution in [0.1, 0.15) is 30.6 Å². The van der Waals surface area contributed by atoms with E-state index in [-0.39, 0.29) is 42.0 Å². The van der Waals surface area contributed by atoms with Gasteiger partial charge in [-0.05, 0) is 32.1 Å². The number of nitro groups is 1. The van der Waals surface area contributed by atoms with Gasteiger partial charge in [-0.25, -0.2) is 0 Å². The van der Waals surface area contributed by atoms with Gasteiger partial charge in [-0.1, -0.05) is 12.1 Å². The molecule has 1 aromatic rings. The van der Waals surface area contributed by atoms with Gasteiger partial charge in [0.05, 0.1) is 17.4 Å². The molecule has 1 aromatic carbocycles. The molecular weight excluding hydrogens is 388 g/mol. The maximum atomic E-state index is 12.5. The van der Waals surface area contributed by atoms with Crippen molar-refractivity contribution in [2.75, 3.05) is 13.1 Å². The lowest BCUT2D eigenvalue weighted by atomic mass is 10.1. The zero-order valence-electron chi connectivity index (χ0n) is 15.3. The van der Waals surface area contributed by atoms with E-state index in [0.717, 1.165) is 0 Å². The van der Waals surface area contributed by atoms with Crippen LogP contribution in [0, 0.1) is 10.1 Å². The van der Waals surface area contributed by atoms with Crippen LogP contribution in [0.5, 0.6) is 0 Å². The second-order valence-corrected chi connectivity index (χ2v) is 6.66. The smallest absolute Gasteiger partial charge is 0.308 e. The number of amides is 2. The molecule has 2 amide bonds. The van der Waals surface area contributed by atoms with Crippen LogP contribution in [0.3, 0.4) is 0 Å². The van der Waals surface area contributed by atoms with Crippen molar-refractivity contribution in [1.29, 1.82) is 0 Å². The number of esters is 1. The Morgan fingerprint density at radius 3 is 2.75 bits per heavy atom. The van der Waals surface area contributed by atoms with Crippen LogP contribution >= 0.6 is 12.2 Å². The SMILES string of the molecule is CC(C)OC(=O)C[C@@H]1C(=O)NCCN1C(=S)NC(=O)c1ccccc1[N+](=O)[O-]. The molecule has 150 valence electrons. The molecule has 0 spiro atoms. The predicted octanol–water partition coefficient (Wildman–Crippen LogP) is 0.752. The molecule has 1 fully saturated rings. The third-order valence-electron chi connectivity index (χ3n) is 3.88. The highest BCUT2D eigenvalue weighted by Crippen LogP contribution is 2.18. The number of carbonyl (C=O) groups is 3. The molecule has 0 unspecified atom stereocenters. The highest BCUT2D eigenvalue weighted by molar-refractivity contribution is 7.80. The summed E-state index contributed by atoms with van der Waals surface area (Å²) in [5.41, 5.74) is -0.525. The van der Waals surface area contributed by atoms with Gasteiger partial charge in [-0.15, -0.1) is 0 Å². The molecule has 0 bridgehead atoms. The quantitative estimate of drug-likeness (QED) is 0.316. The number of piperazine rings is 1. The van der Waals surface area contributed by atoms with E-state index in [0.29, 0.717) is 0 Å². The number of benzene rings is 1. The van der Waals surface area contributed by atoms with E-state index in [1.54, 1.807) is 13.8 Å². The number of nitrogens with one attached hydrogen (secondary N) is 2. The first-order chi connectivity index (χ1) is 13.2. The molecule has 1 saturated heterocycles. The van der Waals surface area contributed by atoms with Crippen LogP contribution in [0.15, 0.2) is 24.3 Å². The number of ether oxygens (including phenoxy) is 1. The number of rotatable bonds is 5. The van der Waals surface area contributed by atoms with Crippen molar-refractivity contribution >= 4 is 40.8 Å². The second kappa shape index (κ2) is 9.22. The minimum absolute atomic E-state index is 0.0969. The molecule has 0 saturated carbocycles. The Morgan fingerprint density at radius 1 is 1.43 bits per heavy atom. The van der Waals surface area contributed by atoms with Crippen molar-refractivity contribution in [3.8, 4) is 0 Å². The first-order valence-electron chi connectivity index (χ1n) is 8.53. The van der Waals surface area contributed by atoms with Crippen LogP contribution in [0.25, 0.3) is 0 Å². The lowest BCUT2D eigenvalue weighted by molar-refractivity contribution is -0.385. The summed E-state index contributed by atoms with van der Waals surface area (Å²) in [6.45, 7) is 3.92. The summed E-state index contributed by atoms with van der Waals surface area (Å²) in [5.74, 6) is -1.77. The summed E-state index contributed by atoms with van der Waals surface area (Å²) in [5, 5.41) is 16.0. The monoisotopic (exact) mass is 408 g/mol. The summed E-state index contributed by atoms with van der Waals surface area (Å²) < 4.78 is 5.07. The van der Waals surface area contributed by atoms with Gasteiger partial charge in [0.2, 0.25) is 5.91 Å². The zero-order valence-corrected chi connectivity index (χ0v) is 16.2. The van der Waals surface area contributed by atoms with Crippen LogP contribution in [0.2, 0.25) is 0 Å². The molecule has 2 rings (SSSR count). The van der Waals surface area contributed by atoms with E-state index in [9.17, 15) is 24.5 Å². The van der Waals surface area contributed by atoms with Crippen LogP contribution in [-0.4, -0.2) is 58.0 Å². The number of thiocarbonyl (C=S) groups is 1. The van der Waals surface area contributed by atoms with E-state index in [4.69, 9.17) is 17.0 Å². The van der Waals surface area contributed by atoms with Crippen molar-refractivity contribution in [2.45, 2.75) is 32.4 Å². The van der Waals surface area contributed by atoms with Crippen molar-refractivity contribution in [1.82, 2.24) is 15.5 Å². The summed E-state index contributed by atoms with van der Waals surface area (Å²) in [4.78, 5) is 48.5. The van der Waals surface area contributed by atoms with Crippen LogP contribution in [0.4, 0.5) is 5.69 Å². The number of nitro benzene ring substituents is 1. The fraction of sp³-hybridized carbons (Fsp3) is 0.412. The minimum atomic E-state index is -0.946. The Balaban J connectivity index is 2.14. The minimum Gasteiger partial charge on any atom is -0.463 e. The molecule has 1 heterocycles.